The standard InChI is InChI=1S/C12H17N3O3S2/c1-3-7-12(2,16)8-13-20(17,18)10-6-4-5-9-11(10)15-19-14-9/h4-6,13,16H,3,7-8H2,1-2H3. The van der Waals surface area contributed by atoms with E-state index in [1.54, 1.807) is 19.1 Å². The average molecular weight is 315 g/mol. The molecule has 0 aromatic heterocycles. The summed E-state index contributed by atoms with van der Waals surface area (Å²) in [6.07, 6.45) is 1.30. The minimum absolute atomic E-state index is 0.0306. The molecule has 1 unspecified atom stereocenters. The van der Waals surface area contributed by atoms with Gasteiger partial charge in [0.25, 0.3) is 0 Å². The quantitative estimate of drug-likeness (QED) is 0.856. The fourth-order valence-electron chi connectivity index (χ4n) is 1.95. The van der Waals surface area contributed by atoms with Gasteiger partial charge >= 0.3 is 0 Å². The average Bonchev–Trinajstić information content (AvgIpc) is 2.84. The molecule has 110 valence electrons. The van der Waals surface area contributed by atoms with Gasteiger partial charge in [-0.05, 0) is 25.5 Å². The maximum atomic E-state index is 12.3. The molecule has 1 aromatic rings. The van der Waals surface area contributed by atoms with Crippen LogP contribution in [0.4, 0.5) is 11.4 Å². The van der Waals surface area contributed by atoms with Gasteiger partial charge in [-0.3, -0.25) is 0 Å². The Bertz CT molecular complexity index is 677. The van der Waals surface area contributed by atoms with Crippen molar-refractivity contribution in [3.05, 3.63) is 18.2 Å². The van der Waals surface area contributed by atoms with Crippen molar-refractivity contribution in [2.45, 2.75) is 37.2 Å². The molecular formula is C12H17N3O3S2. The van der Waals surface area contributed by atoms with Crippen LogP contribution in [0, 0.1) is 0 Å². The molecule has 0 fully saturated rings. The van der Waals surface area contributed by atoms with Crippen LogP contribution in [0.15, 0.2) is 31.8 Å². The zero-order valence-electron chi connectivity index (χ0n) is 11.3. The van der Waals surface area contributed by atoms with Crippen molar-refractivity contribution in [3.63, 3.8) is 0 Å². The Kier molecular flexibility index (Phi) is 4.38. The number of nitrogens with zero attached hydrogens (tertiary/aromatic N) is 2. The van der Waals surface area contributed by atoms with Crippen molar-refractivity contribution in [1.82, 2.24) is 4.72 Å². The lowest BCUT2D eigenvalue weighted by molar-refractivity contribution is 0.0554. The molecular weight excluding hydrogens is 298 g/mol. The number of benzene rings is 1. The van der Waals surface area contributed by atoms with Gasteiger partial charge in [0, 0.05) is 6.54 Å². The van der Waals surface area contributed by atoms with Gasteiger partial charge < -0.3 is 5.11 Å². The molecule has 20 heavy (non-hydrogen) atoms. The van der Waals surface area contributed by atoms with E-state index in [-0.39, 0.29) is 11.4 Å². The van der Waals surface area contributed by atoms with Crippen molar-refractivity contribution >= 4 is 32.8 Å². The van der Waals surface area contributed by atoms with Crippen molar-refractivity contribution in [3.8, 4) is 0 Å². The fraction of sp³-hybridized carbons (Fsp3) is 0.500. The SMILES string of the molecule is CCCC(C)(O)CNS(=O)(=O)c1cccc2c1N=S=N2. The molecule has 0 spiro atoms. The third-order valence-electron chi connectivity index (χ3n) is 2.97. The smallest absolute Gasteiger partial charge is 0.242 e. The Morgan fingerprint density at radius 3 is 2.85 bits per heavy atom. The van der Waals surface area contributed by atoms with Crippen LogP contribution in [-0.4, -0.2) is 25.7 Å². The molecule has 0 bridgehead atoms. The van der Waals surface area contributed by atoms with E-state index in [0.29, 0.717) is 17.8 Å². The lowest BCUT2D eigenvalue weighted by Gasteiger charge is -2.23. The van der Waals surface area contributed by atoms with Crippen molar-refractivity contribution < 1.29 is 13.5 Å². The Hall–Kier alpha value is -1.09. The second-order valence-corrected chi connectivity index (χ2v) is 7.22. The van der Waals surface area contributed by atoms with Crippen LogP contribution >= 0.6 is 0 Å². The van der Waals surface area contributed by atoms with E-state index < -0.39 is 15.6 Å². The lowest BCUT2D eigenvalue weighted by atomic mass is 10.0. The van der Waals surface area contributed by atoms with Crippen LogP contribution in [0.2, 0.25) is 0 Å². The Morgan fingerprint density at radius 1 is 1.40 bits per heavy atom. The normalized spacial score (nSPS) is 16.6. The van der Waals surface area contributed by atoms with E-state index in [4.69, 9.17) is 0 Å². The summed E-state index contributed by atoms with van der Waals surface area (Å²) in [5.41, 5.74) is -0.144. The molecule has 0 amide bonds. The third kappa shape index (κ3) is 3.32. The molecule has 1 aliphatic heterocycles. The highest BCUT2D eigenvalue weighted by atomic mass is 32.2. The highest BCUT2D eigenvalue weighted by molar-refractivity contribution is 7.89. The molecule has 0 radical (unpaired) electrons. The highest BCUT2D eigenvalue weighted by Gasteiger charge is 2.26. The zero-order valence-corrected chi connectivity index (χ0v) is 13.0. The summed E-state index contributed by atoms with van der Waals surface area (Å²) in [4.78, 5) is 0.0936. The lowest BCUT2D eigenvalue weighted by Crippen LogP contribution is -2.40. The van der Waals surface area contributed by atoms with E-state index in [0.717, 1.165) is 17.8 Å². The molecule has 2 rings (SSSR count). The number of rotatable bonds is 6. The third-order valence-corrected chi connectivity index (χ3v) is 4.95. The van der Waals surface area contributed by atoms with E-state index in [9.17, 15) is 13.5 Å². The van der Waals surface area contributed by atoms with Gasteiger partial charge in [-0.15, -0.1) is 0 Å². The van der Waals surface area contributed by atoms with Gasteiger partial charge in [-0.25, -0.2) is 13.1 Å². The summed E-state index contributed by atoms with van der Waals surface area (Å²) in [7, 11) is -3.71. The number of hydrogen-bond donors (Lipinski definition) is 2. The highest BCUT2D eigenvalue weighted by Crippen LogP contribution is 2.37. The van der Waals surface area contributed by atoms with Gasteiger partial charge in [0.05, 0.1) is 17.0 Å². The molecule has 6 nitrogen and oxygen atoms in total. The van der Waals surface area contributed by atoms with Crippen LogP contribution in [0.25, 0.3) is 0 Å². The first-order chi connectivity index (χ1) is 9.36. The van der Waals surface area contributed by atoms with Gasteiger partial charge in [0.2, 0.25) is 10.0 Å². The number of fused-ring (bicyclic) bond motifs is 1. The summed E-state index contributed by atoms with van der Waals surface area (Å²) >= 11 is 0.973. The summed E-state index contributed by atoms with van der Waals surface area (Å²) in [5.74, 6) is 0. The minimum Gasteiger partial charge on any atom is -0.389 e. The van der Waals surface area contributed by atoms with Crippen LogP contribution in [-0.2, 0) is 21.4 Å². The predicted octanol–water partition coefficient (Wildman–Crippen LogP) is 2.24. The summed E-state index contributed by atoms with van der Waals surface area (Å²) < 4.78 is 35.1. The van der Waals surface area contributed by atoms with Gasteiger partial charge in [0.15, 0.2) is 0 Å². The van der Waals surface area contributed by atoms with Gasteiger partial charge in [-0.2, -0.15) is 8.73 Å². The number of sulfonamides is 1. The fourth-order valence-corrected chi connectivity index (χ4v) is 3.88. The van der Waals surface area contributed by atoms with Crippen LogP contribution in [0.1, 0.15) is 26.7 Å². The second-order valence-electron chi connectivity index (χ2n) is 4.96. The van der Waals surface area contributed by atoms with Gasteiger partial charge in [-0.1, -0.05) is 19.4 Å². The van der Waals surface area contributed by atoms with Crippen molar-refractivity contribution in [1.29, 1.82) is 0 Å². The van der Waals surface area contributed by atoms with Gasteiger partial charge in [0.1, 0.15) is 16.3 Å². The van der Waals surface area contributed by atoms with Crippen molar-refractivity contribution in [2.24, 2.45) is 8.73 Å². The summed E-state index contributed by atoms with van der Waals surface area (Å²) in [6.45, 7) is 3.52. The van der Waals surface area contributed by atoms with Crippen molar-refractivity contribution in [2.75, 3.05) is 6.54 Å². The number of aliphatic hydroxyl groups is 1. The summed E-state index contributed by atoms with van der Waals surface area (Å²) in [5, 5.41) is 10.0. The predicted molar refractivity (Wildman–Crippen MR) is 78.7 cm³/mol. The van der Waals surface area contributed by atoms with Crippen LogP contribution in [0.5, 0.6) is 0 Å². The molecule has 0 aliphatic carbocycles. The topological polar surface area (TPSA) is 91.1 Å². The molecule has 1 atom stereocenters. The number of hydrogen-bond acceptors (Lipinski definition) is 5. The van der Waals surface area contributed by atoms with Crippen LogP contribution in [0.3, 0.4) is 0 Å². The van der Waals surface area contributed by atoms with Crippen LogP contribution < -0.4 is 4.72 Å². The van der Waals surface area contributed by atoms with E-state index >= 15 is 0 Å². The first-order valence-electron chi connectivity index (χ1n) is 6.29. The zero-order chi connectivity index (χ0) is 14.8. The molecule has 0 saturated carbocycles. The number of nitrogens with one attached hydrogen (secondary N) is 1. The first kappa shape index (κ1) is 15.3. The maximum Gasteiger partial charge on any atom is 0.242 e. The van der Waals surface area contributed by atoms with E-state index in [1.165, 1.54) is 6.07 Å². The largest absolute Gasteiger partial charge is 0.389 e. The molecule has 8 heteroatoms. The monoisotopic (exact) mass is 315 g/mol. The summed E-state index contributed by atoms with van der Waals surface area (Å²) in [6, 6.07) is 4.83. The maximum absolute atomic E-state index is 12.3. The Morgan fingerprint density at radius 2 is 2.15 bits per heavy atom. The molecule has 1 aromatic carbocycles. The minimum atomic E-state index is -3.71. The second kappa shape index (κ2) is 5.72. The molecule has 2 N–H and O–H groups in total. The molecule has 0 saturated heterocycles. The van der Waals surface area contributed by atoms with E-state index in [2.05, 4.69) is 13.4 Å². The van der Waals surface area contributed by atoms with E-state index in [1.807, 2.05) is 6.92 Å². The molecule has 1 heterocycles. The Balaban J connectivity index is 2.21. The molecule has 1 aliphatic rings. The first-order valence-corrected chi connectivity index (χ1v) is 8.50. The Labute approximate surface area is 122 Å².